The predicted molar refractivity (Wildman–Crippen MR) is 162 cm³/mol. The topological polar surface area (TPSA) is 117 Å². The summed E-state index contributed by atoms with van der Waals surface area (Å²) < 4.78 is 27.2. The van der Waals surface area contributed by atoms with E-state index in [2.05, 4.69) is 20.3 Å². The Hall–Kier alpha value is -3.70. The number of nitrogens with one attached hydrogen (secondary N) is 2. The molecule has 0 saturated heterocycles. The van der Waals surface area contributed by atoms with Gasteiger partial charge in [-0.25, -0.2) is 14.8 Å². The van der Waals surface area contributed by atoms with Crippen LogP contribution in [0.4, 0.5) is 5.82 Å². The van der Waals surface area contributed by atoms with E-state index in [4.69, 9.17) is 35.3 Å². The minimum atomic E-state index is -0.516. The van der Waals surface area contributed by atoms with Crippen LogP contribution in [0.5, 0.6) is 5.75 Å². The molecule has 224 valence electrons. The van der Waals surface area contributed by atoms with Crippen LogP contribution in [0, 0.1) is 0 Å². The van der Waals surface area contributed by atoms with Gasteiger partial charge >= 0.3 is 5.97 Å². The average molecular weight is 597 g/mol. The molecule has 0 saturated carbocycles. The molecule has 2 heterocycles. The maximum atomic E-state index is 11.6. The standard InChI is InChI=1S/C31H37ClN4O6/c1-31(2,3)42-28(37)20-40-15-14-38-12-13-39-16-17-41-24-10-8-22(9-11-24)27-18-25-29(34-21-35-30(25)36-27)33-19-23-6-4-5-7-26(23)32/h4-11,18,21H,12-17,19-20H2,1-3H3,(H2,33,34,35,36). The summed E-state index contributed by atoms with van der Waals surface area (Å²) in [5, 5.41) is 4.97. The third kappa shape index (κ3) is 9.99. The van der Waals surface area contributed by atoms with E-state index >= 15 is 0 Å². The van der Waals surface area contributed by atoms with Gasteiger partial charge in [0.25, 0.3) is 0 Å². The number of nitrogens with zero attached hydrogens (tertiary/aromatic N) is 2. The van der Waals surface area contributed by atoms with Crippen LogP contribution in [-0.2, 0) is 30.3 Å². The second-order valence-electron chi connectivity index (χ2n) is 10.3. The van der Waals surface area contributed by atoms with Gasteiger partial charge in [0.1, 0.15) is 42.4 Å². The number of anilines is 1. The van der Waals surface area contributed by atoms with E-state index in [0.717, 1.165) is 39.4 Å². The molecule has 0 aliphatic carbocycles. The molecule has 2 N–H and O–H groups in total. The zero-order chi connectivity index (χ0) is 29.8. The van der Waals surface area contributed by atoms with Crippen LogP contribution in [0.3, 0.4) is 0 Å². The van der Waals surface area contributed by atoms with Crippen LogP contribution in [0.15, 0.2) is 60.9 Å². The van der Waals surface area contributed by atoms with E-state index in [1.54, 1.807) is 0 Å². The lowest BCUT2D eigenvalue weighted by molar-refractivity contribution is -0.160. The summed E-state index contributed by atoms with van der Waals surface area (Å²) in [5.41, 5.74) is 3.15. The molecule has 2 aromatic carbocycles. The number of aromatic nitrogens is 3. The number of rotatable bonds is 16. The molecule has 11 heteroatoms. The number of carbonyl (C=O) groups is 1. The molecule has 42 heavy (non-hydrogen) atoms. The predicted octanol–water partition coefficient (Wildman–Crippen LogP) is 5.66. The lowest BCUT2D eigenvalue weighted by Crippen LogP contribution is -2.27. The fourth-order valence-electron chi connectivity index (χ4n) is 3.97. The smallest absolute Gasteiger partial charge is 0.332 e. The number of H-pyrrole nitrogens is 1. The number of hydrogen-bond acceptors (Lipinski definition) is 9. The second kappa shape index (κ2) is 15.5. The highest BCUT2D eigenvalue weighted by Crippen LogP contribution is 2.28. The van der Waals surface area contributed by atoms with Gasteiger partial charge in [0.2, 0.25) is 0 Å². The third-order valence-electron chi connectivity index (χ3n) is 5.88. The number of carbonyl (C=O) groups excluding carboxylic acids is 1. The molecule has 4 rings (SSSR count). The molecule has 0 unspecified atom stereocenters. The van der Waals surface area contributed by atoms with Gasteiger partial charge in [0.15, 0.2) is 0 Å². The number of ether oxygens (including phenoxy) is 5. The zero-order valence-electron chi connectivity index (χ0n) is 24.2. The van der Waals surface area contributed by atoms with Crippen molar-refractivity contribution >= 4 is 34.4 Å². The number of hydrogen-bond donors (Lipinski definition) is 2. The highest BCUT2D eigenvalue weighted by Gasteiger charge is 2.16. The van der Waals surface area contributed by atoms with E-state index in [-0.39, 0.29) is 12.6 Å². The largest absolute Gasteiger partial charge is 0.491 e. The molecule has 0 radical (unpaired) electrons. The van der Waals surface area contributed by atoms with Crippen LogP contribution in [0.25, 0.3) is 22.3 Å². The summed E-state index contributed by atoms with van der Waals surface area (Å²) in [6.07, 6.45) is 1.53. The number of esters is 1. The molecule has 0 aliphatic heterocycles. The quantitative estimate of drug-likeness (QED) is 0.125. The van der Waals surface area contributed by atoms with Crippen molar-refractivity contribution < 1.29 is 28.5 Å². The van der Waals surface area contributed by atoms with E-state index in [1.807, 2.05) is 75.4 Å². The van der Waals surface area contributed by atoms with Crippen LogP contribution in [-0.4, -0.2) is 72.8 Å². The lowest BCUT2D eigenvalue weighted by atomic mass is 10.1. The van der Waals surface area contributed by atoms with Gasteiger partial charge in [-0.2, -0.15) is 0 Å². The molecule has 0 amide bonds. The summed E-state index contributed by atoms with van der Waals surface area (Å²) in [4.78, 5) is 23.7. The molecule has 0 bridgehead atoms. The second-order valence-corrected chi connectivity index (χ2v) is 10.8. The first-order chi connectivity index (χ1) is 20.3. The van der Waals surface area contributed by atoms with E-state index in [9.17, 15) is 4.79 Å². The molecular weight excluding hydrogens is 560 g/mol. The number of benzene rings is 2. The van der Waals surface area contributed by atoms with E-state index in [1.165, 1.54) is 6.33 Å². The van der Waals surface area contributed by atoms with Gasteiger partial charge in [0, 0.05) is 17.3 Å². The van der Waals surface area contributed by atoms with Crippen LogP contribution in [0.2, 0.25) is 5.02 Å². The molecule has 10 nitrogen and oxygen atoms in total. The molecular formula is C31H37ClN4O6. The number of halogens is 1. The monoisotopic (exact) mass is 596 g/mol. The Morgan fingerprint density at radius 1 is 0.905 bits per heavy atom. The van der Waals surface area contributed by atoms with Gasteiger partial charge in [-0.05, 0) is 68.3 Å². The summed E-state index contributed by atoms with van der Waals surface area (Å²) >= 11 is 6.29. The first-order valence-corrected chi connectivity index (χ1v) is 14.2. The Morgan fingerprint density at radius 2 is 1.60 bits per heavy atom. The lowest BCUT2D eigenvalue weighted by Gasteiger charge is -2.19. The highest BCUT2D eigenvalue weighted by atomic mass is 35.5. The minimum Gasteiger partial charge on any atom is -0.491 e. The van der Waals surface area contributed by atoms with Crippen LogP contribution >= 0.6 is 11.6 Å². The van der Waals surface area contributed by atoms with Crippen molar-refractivity contribution in [1.29, 1.82) is 0 Å². The number of aromatic amines is 1. The fraction of sp³-hybridized carbons (Fsp3) is 0.387. The highest BCUT2D eigenvalue weighted by molar-refractivity contribution is 6.31. The summed E-state index contributed by atoms with van der Waals surface area (Å²) in [6.45, 7) is 8.32. The summed E-state index contributed by atoms with van der Waals surface area (Å²) in [7, 11) is 0. The van der Waals surface area contributed by atoms with Crippen molar-refractivity contribution in [2.45, 2.75) is 32.9 Å². The first kappa shape index (κ1) is 31.2. The van der Waals surface area contributed by atoms with Crippen molar-refractivity contribution in [3.05, 3.63) is 71.5 Å². The Kier molecular flexibility index (Phi) is 11.5. The zero-order valence-corrected chi connectivity index (χ0v) is 24.9. The van der Waals surface area contributed by atoms with Crippen molar-refractivity contribution in [2.75, 3.05) is 51.6 Å². The van der Waals surface area contributed by atoms with Crippen LogP contribution < -0.4 is 10.1 Å². The third-order valence-corrected chi connectivity index (χ3v) is 6.24. The number of fused-ring (bicyclic) bond motifs is 1. The summed E-state index contributed by atoms with van der Waals surface area (Å²) in [5.74, 6) is 1.10. The van der Waals surface area contributed by atoms with Gasteiger partial charge in [0.05, 0.1) is 38.4 Å². The van der Waals surface area contributed by atoms with Crippen molar-refractivity contribution in [3.63, 3.8) is 0 Å². The van der Waals surface area contributed by atoms with Crippen molar-refractivity contribution in [3.8, 4) is 17.0 Å². The molecule has 0 atom stereocenters. The molecule has 0 spiro atoms. The Morgan fingerprint density at radius 3 is 2.31 bits per heavy atom. The molecule has 4 aromatic rings. The Balaban J connectivity index is 1.13. The maximum absolute atomic E-state index is 11.6. The fourth-order valence-corrected chi connectivity index (χ4v) is 4.17. The van der Waals surface area contributed by atoms with Crippen molar-refractivity contribution in [1.82, 2.24) is 15.0 Å². The van der Waals surface area contributed by atoms with Gasteiger partial charge < -0.3 is 34.0 Å². The minimum absolute atomic E-state index is 0.0877. The Labute approximate surface area is 250 Å². The molecule has 0 aliphatic rings. The molecule has 0 fully saturated rings. The maximum Gasteiger partial charge on any atom is 0.332 e. The average Bonchev–Trinajstić information content (AvgIpc) is 3.40. The molecule has 2 aromatic heterocycles. The first-order valence-electron chi connectivity index (χ1n) is 13.8. The van der Waals surface area contributed by atoms with E-state index in [0.29, 0.717) is 51.2 Å². The summed E-state index contributed by atoms with van der Waals surface area (Å²) in [6, 6.07) is 17.6. The van der Waals surface area contributed by atoms with Crippen molar-refractivity contribution in [2.24, 2.45) is 0 Å². The Bertz CT molecular complexity index is 1420. The van der Waals surface area contributed by atoms with Gasteiger partial charge in [-0.3, -0.25) is 0 Å². The van der Waals surface area contributed by atoms with Gasteiger partial charge in [-0.1, -0.05) is 29.8 Å². The van der Waals surface area contributed by atoms with Crippen LogP contribution in [0.1, 0.15) is 26.3 Å². The SMILES string of the molecule is CC(C)(C)OC(=O)COCCOCCOCCOc1ccc(-c2cc3c(NCc4ccccc4Cl)ncnc3[nH]2)cc1. The van der Waals surface area contributed by atoms with Gasteiger partial charge in [-0.15, -0.1) is 0 Å². The normalized spacial score (nSPS) is 11.5. The van der Waals surface area contributed by atoms with E-state index < -0.39 is 5.60 Å².